The molecule has 0 aromatic heterocycles. The standard InChI is InChI=1S/C23H41N5O12S/c1-3-37-22(34)39-9-5-15(40-23(35)38-4-2)13-41-14-16(24)20(32)28-17(12-29)21(33)26-7-10-36-8-6-19(31)27-11-18(25)30/h15-17,29H,3-14,24H2,1-2H3,(H2,25,30)(H,26,33)(H,27,31)(H,28,32). The highest BCUT2D eigenvalue weighted by molar-refractivity contribution is 7.99. The molecular formula is C23H41N5O12S. The maximum absolute atomic E-state index is 12.4. The first-order valence-electron chi connectivity index (χ1n) is 12.8. The summed E-state index contributed by atoms with van der Waals surface area (Å²) in [6, 6.07) is -2.33. The average Bonchev–Trinajstić information content (AvgIpc) is 2.92. The van der Waals surface area contributed by atoms with Gasteiger partial charge in [0.2, 0.25) is 23.6 Å². The molecule has 0 spiro atoms. The zero-order valence-electron chi connectivity index (χ0n) is 23.2. The van der Waals surface area contributed by atoms with Gasteiger partial charge in [0.05, 0.1) is 52.2 Å². The highest BCUT2D eigenvalue weighted by atomic mass is 32.2. The van der Waals surface area contributed by atoms with Crippen LogP contribution in [0.3, 0.4) is 0 Å². The van der Waals surface area contributed by atoms with Crippen LogP contribution in [-0.2, 0) is 42.9 Å². The Bertz CT molecular complexity index is 835. The van der Waals surface area contributed by atoms with Crippen molar-refractivity contribution in [2.45, 2.75) is 44.9 Å². The lowest BCUT2D eigenvalue weighted by atomic mass is 10.2. The number of carbonyl (C=O) groups excluding carboxylic acids is 6. The fraction of sp³-hybridized carbons (Fsp3) is 0.739. The molecule has 0 aliphatic rings. The number of hydrogen-bond acceptors (Lipinski definition) is 14. The second kappa shape index (κ2) is 23.4. The first kappa shape index (κ1) is 37.6. The fourth-order valence-corrected chi connectivity index (χ4v) is 3.72. The predicted molar refractivity (Wildman–Crippen MR) is 144 cm³/mol. The normalized spacial score (nSPS) is 12.7. The number of ether oxygens (including phenoxy) is 5. The minimum atomic E-state index is -1.27. The van der Waals surface area contributed by atoms with Gasteiger partial charge in [-0.2, -0.15) is 11.8 Å². The van der Waals surface area contributed by atoms with Crippen LogP contribution in [0.1, 0.15) is 26.7 Å². The number of hydrogen-bond donors (Lipinski definition) is 6. The van der Waals surface area contributed by atoms with E-state index in [1.165, 1.54) is 11.8 Å². The van der Waals surface area contributed by atoms with Crippen molar-refractivity contribution < 1.29 is 57.6 Å². The van der Waals surface area contributed by atoms with E-state index in [4.69, 9.17) is 30.4 Å². The van der Waals surface area contributed by atoms with E-state index < -0.39 is 60.7 Å². The van der Waals surface area contributed by atoms with E-state index >= 15 is 0 Å². The molecule has 4 amide bonds. The van der Waals surface area contributed by atoms with Crippen LogP contribution in [0.5, 0.6) is 0 Å². The molecule has 41 heavy (non-hydrogen) atoms. The summed E-state index contributed by atoms with van der Waals surface area (Å²) in [7, 11) is 0. The fourth-order valence-electron chi connectivity index (χ4n) is 2.68. The molecule has 0 radical (unpaired) electrons. The number of nitrogens with one attached hydrogen (secondary N) is 3. The Morgan fingerprint density at radius 2 is 1.56 bits per heavy atom. The molecule has 3 unspecified atom stereocenters. The first-order chi connectivity index (χ1) is 19.5. The van der Waals surface area contributed by atoms with Gasteiger partial charge < -0.3 is 56.2 Å². The second-order valence-electron chi connectivity index (χ2n) is 8.03. The van der Waals surface area contributed by atoms with Gasteiger partial charge in [-0.3, -0.25) is 19.2 Å². The van der Waals surface area contributed by atoms with E-state index in [0.29, 0.717) is 0 Å². The van der Waals surface area contributed by atoms with Crippen molar-refractivity contribution in [2.75, 3.05) is 64.2 Å². The van der Waals surface area contributed by atoms with E-state index in [9.17, 15) is 33.9 Å². The van der Waals surface area contributed by atoms with Crippen molar-refractivity contribution in [3.63, 3.8) is 0 Å². The highest BCUT2D eigenvalue weighted by Crippen LogP contribution is 2.12. The molecule has 0 rings (SSSR count). The quantitative estimate of drug-likeness (QED) is 0.0559. The predicted octanol–water partition coefficient (Wildman–Crippen LogP) is -2.25. The van der Waals surface area contributed by atoms with Crippen molar-refractivity contribution in [3.8, 4) is 0 Å². The summed E-state index contributed by atoms with van der Waals surface area (Å²) in [5.74, 6) is -2.19. The number of primary amides is 1. The van der Waals surface area contributed by atoms with E-state index in [1.807, 2.05) is 0 Å². The van der Waals surface area contributed by atoms with Gasteiger partial charge in [0.1, 0.15) is 12.1 Å². The third kappa shape index (κ3) is 20.2. The lowest BCUT2D eigenvalue weighted by Gasteiger charge is -2.20. The van der Waals surface area contributed by atoms with Crippen LogP contribution in [0.25, 0.3) is 0 Å². The molecule has 0 heterocycles. The maximum atomic E-state index is 12.4. The molecule has 0 aliphatic carbocycles. The SMILES string of the molecule is CCOC(=O)OCCC(CSCC(N)C(=O)NC(CO)C(=O)NCCOCCC(=O)NCC(N)=O)OC(=O)OCC. The first-order valence-corrected chi connectivity index (χ1v) is 14.0. The van der Waals surface area contributed by atoms with Gasteiger partial charge in [0.15, 0.2) is 0 Å². The molecule has 0 aromatic carbocycles. The molecule has 0 saturated carbocycles. The third-order valence-corrected chi connectivity index (χ3v) is 5.88. The van der Waals surface area contributed by atoms with Gasteiger partial charge in [0, 0.05) is 30.9 Å². The van der Waals surface area contributed by atoms with E-state index in [2.05, 4.69) is 20.7 Å². The molecule has 0 saturated heterocycles. The van der Waals surface area contributed by atoms with Gasteiger partial charge in [-0.15, -0.1) is 0 Å². The number of rotatable bonds is 22. The molecule has 0 bridgehead atoms. The van der Waals surface area contributed by atoms with Crippen molar-refractivity contribution >= 4 is 47.7 Å². The Morgan fingerprint density at radius 1 is 0.878 bits per heavy atom. The number of carbonyl (C=O) groups is 6. The second-order valence-corrected chi connectivity index (χ2v) is 9.10. The van der Waals surface area contributed by atoms with Crippen LogP contribution in [0.2, 0.25) is 0 Å². The van der Waals surface area contributed by atoms with Gasteiger partial charge in [0.25, 0.3) is 0 Å². The van der Waals surface area contributed by atoms with Crippen LogP contribution in [0, 0.1) is 0 Å². The van der Waals surface area contributed by atoms with E-state index in [1.54, 1.807) is 13.8 Å². The summed E-state index contributed by atoms with van der Waals surface area (Å²) < 4.78 is 24.7. The van der Waals surface area contributed by atoms with Crippen LogP contribution < -0.4 is 27.4 Å². The number of thioether (sulfide) groups is 1. The molecule has 236 valence electrons. The summed E-state index contributed by atoms with van der Waals surface area (Å²) in [6.07, 6.45) is -2.34. The summed E-state index contributed by atoms with van der Waals surface area (Å²) >= 11 is 1.18. The lowest BCUT2D eigenvalue weighted by Crippen LogP contribution is -2.54. The monoisotopic (exact) mass is 611 g/mol. The Kier molecular flexibility index (Phi) is 21.5. The minimum Gasteiger partial charge on any atom is -0.435 e. The molecule has 3 atom stereocenters. The molecule has 0 aromatic rings. The van der Waals surface area contributed by atoms with Crippen LogP contribution in [0.15, 0.2) is 0 Å². The van der Waals surface area contributed by atoms with Crippen molar-refractivity contribution in [3.05, 3.63) is 0 Å². The smallest absolute Gasteiger partial charge is 0.435 e. The third-order valence-electron chi connectivity index (χ3n) is 4.68. The Balaban J connectivity index is 4.45. The summed E-state index contributed by atoms with van der Waals surface area (Å²) in [5.41, 5.74) is 10.8. The number of nitrogens with two attached hydrogens (primary N) is 2. The maximum Gasteiger partial charge on any atom is 0.508 e. The molecule has 17 nitrogen and oxygen atoms in total. The van der Waals surface area contributed by atoms with Gasteiger partial charge in [-0.05, 0) is 13.8 Å². The van der Waals surface area contributed by atoms with Crippen molar-refractivity contribution in [1.29, 1.82) is 0 Å². The molecule has 0 fully saturated rings. The van der Waals surface area contributed by atoms with Crippen molar-refractivity contribution in [1.82, 2.24) is 16.0 Å². The van der Waals surface area contributed by atoms with Crippen LogP contribution in [-0.4, -0.2) is 123 Å². The summed E-state index contributed by atoms with van der Waals surface area (Å²) in [5, 5.41) is 16.6. The Hall–Kier alpha value is -3.35. The summed E-state index contributed by atoms with van der Waals surface area (Å²) in [4.78, 5) is 69.8. The zero-order valence-corrected chi connectivity index (χ0v) is 24.0. The van der Waals surface area contributed by atoms with E-state index in [0.717, 1.165) is 0 Å². The molecule has 8 N–H and O–H groups in total. The average molecular weight is 612 g/mol. The molecule has 18 heteroatoms. The van der Waals surface area contributed by atoms with Gasteiger partial charge in [-0.1, -0.05) is 0 Å². The molecular weight excluding hydrogens is 570 g/mol. The van der Waals surface area contributed by atoms with E-state index in [-0.39, 0.29) is 70.5 Å². The topological polar surface area (TPSA) is 257 Å². The summed E-state index contributed by atoms with van der Waals surface area (Å²) in [6.45, 7) is 2.58. The Labute approximate surface area is 242 Å². The van der Waals surface area contributed by atoms with Gasteiger partial charge in [-0.25, -0.2) is 9.59 Å². The molecule has 0 aliphatic heterocycles. The number of aliphatic hydroxyl groups is 1. The number of amides is 4. The Morgan fingerprint density at radius 3 is 2.20 bits per heavy atom. The largest absolute Gasteiger partial charge is 0.508 e. The highest BCUT2D eigenvalue weighted by Gasteiger charge is 2.24. The number of aliphatic hydroxyl groups excluding tert-OH is 1. The zero-order chi connectivity index (χ0) is 31.0. The van der Waals surface area contributed by atoms with Gasteiger partial charge >= 0.3 is 12.3 Å². The van der Waals surface area contributed by atoms with Crippen molar-refractivity contribution in [2.24, 2.45) is 11.5 Å². The lowest BCUT2D eigenvalue weighted by molar-refractivity contribution is -0.130. The minimum absolute atomic E-state index is 0.0104. The van der Waals surface area contributed by atoms with Crippen LogP contribution >= 0.6 is 11.8 Å². The van der Waals surface area contributed by atoms with Crippen LogP contribution in [0.4, 0.5) is 9.59 Å².